The van der Waals surface area contributed by atoms with Gasteiger partial charge < -0.3 is 49.4 Å². The van der Waals surface area contributed by atoms with E-state index in [1.807, 2.05) is 38.8 Å². The van der Waals surface area contributed by atoms with Crippen LogP contribution >= 0.6 is 0 Å². The van der Waals surface area contributed by atoms with Gasteiger partial charge in [-0.05, 0) is 38.7 Å². The van der Waals surface area contributed by atoms with Crippen molar-refractivity contribution in [2.75, 3.05) is 45.2 Å². The fraction of sp³-hybridized carbons (Fsp3) is 0.600. The first-order valence-electron chi connectivity index (χ1n) is 23.3. The van der Waals surface area contributed by atoms with Crippen LogP contribution in [0.5, 0.6) is 23.0 Å². The third-order valence-electron chi connectivity index (χ3n) is 15.1. The summed E-state index contributed by atoms with van der Waals surface area (Å²) in [5, 5.41) is 56.9. The van der Waals surface area contributed by atoms with Crippen molar-refractivity contribution in [3.8, 4) is 23.0 Å². The molecule has 2 aromatic carbocycles. The van der Waals surface area contributed by atoms with Gasteiger partial charge in [-0.15, -0.1) is 0 Å². The van der Waals surface area contributed by atoms with E-state index >= 15 is 0 Å². The molecule has 2 saturated heterocycles. The van der Waals surface area contributed by atoms with Gasteiger partial charge in [-0.2, -0.15) is 5.10 Å². The quantitative estimate of drug-likeness (QED) is 0.0917. The maximum absolute atomic E-state index is 14.6. The van der Waals surface area contributed by atoms with Gasteiger partial charge in [0.15, 0.2) is 5.75 Å². The molecule has 0 radical (unpaired) electrons. The molecule has 0 aromatic heterocycles. The number of methoxy groups -OCH3 is 1. The van der Waals surface area contributed by atoms with E-state index in [0.29, 0.717) is 25.7 Å². The number of hydrazone groups is 1. The molecular formula is C50H68N4O12. The molecule has 5 heterocycles. The Morgan fingerprint density at radius 1 is 0.955 bits per heavy atom. The molecule has 1 unspecified atom stereocenters. The zero-order valence-electron chi connectivity index (χ0n) is 39.9. The number of ketones is 1. The predicted molar refractivity (Wildman–Crippen MR) is 249 cm³/mol. The minimum Gasteiger partial charge on any atom is -0.507 e. The molecule has 5 aliphatic heterocycles. The lowest BCUT2D eigenvalue weighted by Crippen LogP contribution is -2.47. The third kappa shape index (κ3) is 9.01. The number of amides is 1. The molecule has 10 atom stereocenters. The van der Waals surface area contributed by atoms with Gasteiger partial charge in [0.25, 0.3) is 11.7 Å². The van der Waals surface area contributed by atoms with Crippen LogP contribution in [0.3, 0.4) is 0 Å². The van der Waals surface area contributed by atoms with Crippen LogP contribution in [0.2, 0.25) is 0 Å². The van der Waals surface area contributed by atoms with Gasteiger partial charge in [0.1, 0.15) is 23.4 Å². The molecule has 1 aliphatic carbocycles. The SMILES string of the molecule is CO[C@H]1/C=C/O[C@@]2(C)Oc3c(C)c(O)c4c(O)c(c(/C=N/N5CCN(C6CCCC6)CC5)c(O)c4c3C2=O)NC(=O)/C(C)=C\C=C\C2(C)CO[C@H]([C@@H](C)[C@@H](O)[C@@H](C)[C@H](OC(C)=O)[C@@H]1C)[C@H]2C. The number of aliphatic hydroxyl groups is 1. The number of aliphatic hydroxyl groups excluding tert-OH is 1. The highest BCUT2D eigenvalue weighted by Crippen LogP contribution is 2.55. The number of fused-ring (bicyclic) bond motifs is 11. The first-order chi connectivity index (χ1) is 31.2. The number of phenolic OH excluding ortho intramolecular Hbond substituents is 3. The van der Waals surface area contributed by atoms with Gasteiger partial charge in [-0.25, -0.2) is 0 Å². The van der Waals surface area contributed by atoms with Crippen molar-refractivity contribution in [3.05, 3.63) is 52.8 Å². The second kappa shape index (κ2) is 19.2. The number of Topliss-reactive ketones (excluding diaryl/α,β-unsaturated/α-hetero) is 1. The summed E-state index contributed by atoms with van der Waals surface area (Å²) in [5.74, 6) is -7.18. The Balaban J connectivity index is 1.34. The molecule has 16 heteroatoms. The summed E-state index contributed by atoms with van der Waals surface area (Å²) in [6.45, 7) is 18.7. The number of benzene rings is 2. The molecule has 5 N–H and O–H groups in total. The Kier molecular flexibility index (Phi) is 14.2. The maximum Gasteiger partial charge on any atom is 0.312 e. The Hall–Kier alpha value is -5.16. The molecule has 360 valence electrons. The number of carbonyl (C=O) groups is 3. The number of nitrogens with one attached hydrogen (secondary N) is 1. The molecule has 6 aliphatic rings. The van der Waals surface area contributed by atoms with Crippen molar-refractivity contribution >= 4 is 40.3 Å². The maximum atomic E-state index is 14.6. The van der Waals surface area contributed by atoms with Crippen LogP contribution in [0, 0.1) is 36.0 Å². The van der Waals surface area contributed by atoms with Crippen LogP contribution in [-0.2, 0) is 28.5 Å². The number of ether oxygens (including phenoxy) is 5. The molecule has 16 nitrogen and oxygen atoms in total. The number of nitrogens with zero attached hydrogens (tertiary/aromatic N) is 3. The molecule has 8 rings (SSSR count). The van der Waals surface area contributed by atoms with E-state index in [0.717, 1.165) is 13.1 Å². The van der Waals surface area contributed by atoms with E-state index in [4.69, 9.17) is 28.8 Å². The second-order valence-corrected chi connectivity index (χ2v) is 19.5. The second-order valence-electron chi connectivity index (χ2n) is 19.5. The van der Waals surface area contributed by atoms with Crippen LogP contribution in [0.1, 0.15) is 103 Å². The number of allylic oxidation sites excluding steroid dienone is 2. The van der Waals surface area contributed by atoms with E-state index < -0.39 is 76.3 Å². The van der Waals surface area contributed by atoms with Gasteiger partial charge in [-0.1, -0.05) is 65.7 Å². The number of carbonyl (C=O) groups excluding carboxylic acids is 3. The summed E-state index contributed by atoms with van der Waals surface area (Å²) >= 11 is 0. The van der Waals surface area contributed by atoms with Crippen molar-refractivity contribution in [2.45, 2.75) is 124 Å². The van der Waals surface area contributed by atoms with Crippen molar-refractivity contribution in [3.63, 3.8) is 0 Å². The summed E-state index contributed by atoms with van der Waals surface area (Å²) in [6, 6.07) is 0.560. The van der Waals surface area contributed by atoms with Crippen molar-refractivity contribution < 1.29 is 58.5 Å². The van der Waals surface area contributed by atoms with Crippen LogP contribution < -0.4 is 10.1 Å². The van der Waals surface area contributed by atoms with Gasteiger partial charge in [0, 0.05) is 92.9 Å². The minimum absolute atomic E-state index is 0.0743. The van der Waals surface area contributed by atoms with Gasteiger partial charge in [-0.3, -0.25) is 24.3 Å². The summed E-state index contributed by atoms with van der Waals surface area (Å²) in [6.07, 6.45) is 11.4. The average molecular weight is 917 g/mol. The lowest BCUT2D eigenvalue weighted by molar-refractivity contribution is -0.160. The van der Waals surface area contributed by atoms with Crippen LogP contribution in [0.15, 0.2) is 41.2 Å². The number of anilines is 1. The highest BCUT2D eigenvalue weighted by atomic mass is 16.7. The number of hydrogen-bond donors (Lipinski definition) is 5. The largest absolute Gasteiger partial charge is 0.507 e. The molecule has 7 bridgehead atoms. The Morgan fingerprint density at radius 2 is 1.64 bits per heavy atom. The Bertz CT molecular complexity index is 2330. The zero-order chi connectivity index (χ0) is 48.0. The van der Waals surface area contributed by atoms with Gasteiger partial charge >= 0.3 is 11.8 Å². The fourth-order valence-corrected chi connectivity index (χ4v) is 10.6. The normalized spacial score (nSPS) is 34.5. The van der Waals surface area contributed by atoms with Crippen LogP contribution in [0.25, 0.3) is 10.8 Å². The fourth-order valence-electron chi connectivity index (χ4n) is 10.6. The summed E-state index contributed by atoms with van der Waals surface area (Å²) in [7, 11) is 1.48. The summed E-state index contributed by atoms with van der Waals surface area (Å²) in [4.78, 5) is 43.7. The molecule has 3 fully saturated rings. The molecule has 1 saturated carbocycles. The molecular weight excluding hydrogens is 849 g/mol. The Morgan fingerprint density at radius 3 is 2.29 bits per heavy atom. The molecule has 66 heavy (non-hydrogen) atoms. The van der Waals surface area contributed by atoms with Gasteiger partial charge in [0.05, 0.1) is 59.6 Å². The number of esters is 1. The average Bonchev–Trinajstić information content (AvgIpc) is 4.00. The summed E-state index contributed by atoms with van der Waals surface area (Å²) in [5.41, 5.74) is -0.619. The number of aromatic hydroxyl groups is 3. The summed E-state index contributed by atoms with van der Waals surface area (Å²) < 4.78 is 30.4. The predicted octanol–water partition coefficient (Wildman–Crippen LogP) is 6.69. The third-order valence-corrected chi connectivity index (χ3v) is 15.1. The smallest absolute Gasteiger partial charge is 0.312 e. The van der Waals surface area contributed by atoms with Crippen LogP contribution in [0.4, 0.5) is 5.69 Å². The molecule has 2 aromatic rings. The lowest BCUT2D eigenvalue weighted by Gasteiger charge is -2.38. The lowest BCUT2D eigenvalue weighted by atomic mass is 9.72. The van der Waals surface area contributed by atoms with E-state index in [1.165, 1.54) is 66.0 Å². The van der Waals surface area contributed by atoms with E-state index in [2.05, 4.69) is 17.1 Å². The van der Waals surface area contributed by atoms with Gasteiger partial charge in [0.2, 0.25) is 0 Å². The standard InChI is InChI=1S/C50H68N4O12/c1-26-14-13-18-49(8)25-63-45(31(49)6)29(4)40(56)28(3)44(65-32(7)55)27(2)35(62-10)17-23-64-50(9)47(60)38-36-37(41(57)30(5)46(38)66-50)43(59)39(52-48(26)61)34(42(36)58)24-51-54-21-19-53(20-22-54)33-15-11-12-16-33/h13-14,17-18,23-24,27-29,31,33,35,40,44-45,56-59H,11-12,15-16,19-22,25H2,1-10H3,(H,52,61)/b18-13+,23-17+,26-14-,51-24+/t27-,28-,29+,31-,35+,40+,44-,45-,49?,50+/m1/s1. The van der Waals surface area contributed by atoms with Crippen molar-refractivity contribution in [1.82, 2.24) is 9.91 Å². The van der Waals surface area contributed by atoms with E-state index in [-0.39, 0.29) is 62.4 Å². The highest BCUT2D eigenvalue weighted by Gasteiger charge is 2.51. The molecule has 0 spiro atoms. The van der Waals surface area contributed by atoms with E-state index in [1.54, 1.807) is 25.2 Å². The number of piperazine rings is 1. The highest BCUT2D eigenvalue weighted by molar-refractivity contribution is 6.23. The van der Waals surface area contributed by atoms with Crippen molar-refractivity contribution in [1.29, 1.82) is 0 Å². The number of hydrogen-bond acceptors (Lipinski definition) is 15. The first-order valence-corrected chi connectivity index (χ1v) is 23.3. The molecule has 1 amide bonds. The first kappa shape index (κ1) is 48.8. The zero-order valence-corrected chi connectivity index (χ0v) is 39.9. The topological polar surface area (TPSA) is 209 Å². The van der Waals surface area contributed by atoms with Crippen LogP contribution in [-0.4, -0.2) is 130 Å². The number of rotatable bonds is 5. The van der Waals surface area contributed by atoms with Crippen molar-refractivity contribution in [2.24, 2.45) is 34.2 Å². The minimum atomic E-state index is -2.03. The monoisotopic (exact) mass is 916 g/mol. The van der Waals surface area contributed by atoms with E-state index in [9.17, 15) is 34.8 Å². The number of phenols is 3. The Labute approximate surface area is 387 Å².